The molecule has 0 atom stereocenters. The lowest BCUT2D eigenvalue weighted by atomic mass is 10.1. The average Bonchev–Trinajstić information content (AvgIpc) is 2.97. The fourth-order valence-corrected chi connectivity index (χ4v) is 2.48. The summed E-state index contributed by atoms with van der Waals surface area (Å²) >= 11 is 3.46. The molecule has 4 aromatic rings. The fourth-order valence-electron chi connectivity index (χ4n) is 2.10. The minimum Gasteiger partial charge on any atom is -0.437 e. The van der Waals surface area contributed by atoms with E-state index in [4.69, 9.17) is 4.74 Å². The SMILES string of the molecule is Brc1ccc2cc(Oc3cncc4nnnn34)ccc2c1. The Kier molecular flexibility index (Phi) is 2.78. The van der Waals surface area contributed by atoms with Crippen LogP contribution in [0.5, 0.6) is 11.6 Å². The van der Waals surface area contributed by atoms with E-state index in [-0.39, 0.29) is 0 Å². The van der Waals surface area contributed by atoms with Crippen molar-refractivity contribution in [2.75, 3.05) is 0 Å². The van der Waals surface area contributed by atoms with Crippen LogP contribution in [-0.2, 0) is 0 Å². The second-order valence-electron chi connectivity index (χ2n) is 4.45. The van der Waals surface area contributed by atoms with Crippen LogP contribution in [0.2, 0.25) is 0 Å². The fraction of sp³-hybridized carbons (Fsp3) is 0. The van der Waals surface area contributed by atoms with E-state index in [9.17, 15) is 0 Å². The molecule has 0 radical (unpaired) electrons. The highest BCUT2D eigenvalue weighted by Gasteiger charge is 2.07. The zero-order valence-electron chi connectivity index (χ0n) is 10.6. The molecule has 0 N–H and O–H groups in total. The Bertz CT molecular complexity index is 952. The number of aromatic nitrogens is 5. The molecule has 2 aromatic heterocycles. The van der Waals surface area contributed by atoms with Crippen molar-refractivity contribution in [3.05, 3.63) is 53.3 Å². The minimum atomic E-state index is 0.467. The summed E-state index contributed by atoms with van der Waals surface area (Å²) in [7, 11) is 0. The van der Waals surface area contributed by atoms with Crippen LogP contribution < -0.4 is 4.74 Å². The molecule has 21 heavy (non-hydrogen) atoms. The van der Waals surface area contributed by atoms with Crippen LogP contribution >= 0.6 is 15.9 Å². The van der Waals surface area contributed by atoms with Gasteiger partial charge in [0.25, 0.3) is 0 Å². The van der Waals surface area contributed by atoms with Crippen molar-refractivity contribution < 1.29 is 4.74 Å². The highest BCUT2D eigenvalue weighted by Crippen LogP contribution is 2.27. The van der Waals surface area contributed by atoms with Crippen molar-refractivity contribution in [1.82, 2.24) is 25.0 Å². The van der Waals surface area contributed by atoms with Gasteiger partial charge in [0.1, 0.15) is 5.75 Å². The molecule has 0 aliphatic carbocycles. The number of rotatable bonds is 2. The van der Waals surface area contributed by atoms with Crippen molar-refractivity contribution in [2.45, 2.75) is 0 Å². The van der Waals surface area contributed by atoms with Crippen LogP contribution in [0.25, 0.3) is 16.4 Å². The smallest absolute Gasteiger partial charge is 0.242 e. The summed E-state index contributed by atoms with van der Waals surface area (Å²) in [5.41, 5.74) is 0.539. The van der Waals surface area contributed by atoms with E-state index in [2.05, 4.69) is 42.5 Å². The number of benzene rings is 2. The molecule has 6 nitrogen and oxygen atoms in total. The van der Waals surface area contributed by atoms with Crippen molar-refractivity contribution in [2.24, 2.45) is 0 Å². The molecule has 0 saturated heterocycles. The number of hydrogen-bond acceptors (Lipinski definition) is 5. The first-order valence-electron chi connectivity index (χ1n) is 6.19. The Morgan fingerprint density at radius 2 is 1.86 bits per heavy atom. The number of halogens is 1. The van der Waals surface area contributed by atoms with Gasteiger partial charge in [-0.2, -0.15) is 4.52 Å². The predicted octanol–water partition coefficient (Wildman–Crippen LogP) is 3.23. The van der Waals surface area contributed by atoms with Gasteiger partial charge in [0, 0.05) is 4.47 Å². The number of nitrogens with zero attached hydrogens (tertiary/aromatic N) is 5. The van der Waals surface area contributed by atoms with Gasteiger partial charge in [-0.1, -0.05) is 28.1 Å². The highest BCUT2D eigenvalue weighted by molar-refractivity contribution is 9.10. The van der Waals surface area contributed by atoms with Crippen molar-refractivity contribution in [1.29, 1.82) is 0 Å². The molecular weight excluding hydrogens is 334 g/mol. The number of fused-ring (bicyclic) bond motifs is 2. The molecule has 0 aliphatic heterocycles. The lowest BCUT2D eigenvalue weighted by Crippen LogP contribution is -1.96. The first-order valence-corrected chi connectivity index (χ1v) is 6.98. The van der Waals surface area contributed by atoms with Crippen molar-refractivity contribution in [3.8, 4) is 11.6 Å². The molecular formula is C14H8BrN5O. The van der Waals surface area contributed by atoms with E-state index < -0.39 is 0 Å². The third-order valence-electron chi connectivity index (χ3n) is 3.07. The summed E-state index contributed by atoms with van der Waals surface area (Å²) in [5, 5.41) is 13.5. The number of hydrogen-bond donors (Lipinski definition) is 0. The van der Waals surface area contributed by atoms with Crippen molar-refractivity contribution in [3.63, 3.8) is 0 Å². The van der Waals surface area contributed by atoms with Gasteiger partial charge in [0.05, 0.1) is 12.4 Å². The summed E-state index contributed by atoms with van der Waals surface area (Å²) in [6.45, 7) is 0. The third-order valence-corrected chi connectivity index (χ3v) is 3.57. The van der Waals surface area contributed by atoms with Gasteiger partial charge < -0.3 is 4.74 Å². The monoisotopic (exact) mass is 341 g/mol. The Balaban J connectivity index is 1.77. The van der Waals surface area contributed by atoms with Gasteiger partial charge in [-0.25, -0.2) is 0 Å². The molecule has 102 valence electrons. The topological polar surface area (TPSA) is 65.2 Å². The number of tetrazole rings is 1. The first kappa shape index (κ1) is 12.2. The molecule has 0 bridgehead atoms. The molecule has 4 rings (SSSR count). The van der Waals surface area contributed by atoms with Crippen LogP contribution in [0.3, 0.4) is 0 Å². The molecule has 0 saturated carbocycles. The molecule has 0 spiro atoms. The second-order valence-corrected chi connectivity index (χ2v) is 5.37. The first-order chi connectivity index (χ1) is 10.3. The average molecular weight is 342 g/mol. The van der Waals surface area contributed by atoms with Crippen LogP contribution in [-0.4, -0.2) is 25.0 Å². The van der Waals surface area contributed by atoms with E-state index in [1.165, 1.54) is 4.52 Å². The normalized spacial score (nSPS) is 11.1. The summed E-state index contributed by atoms with van der Waals surface area (Å²) in [5.74, 6) is 1.17. The second kappa shape index (κ2) is 4.78. The maximum Gasteiger partial charge on any atom is 0.242 e. The molecule has 0 aliphatic rings. The van der Waals surface area contributed by atoms with E-state index in [1.54, 1.807) is 12.4 Å². The minimum absolute atomic E-state index is 0.467. The summed E-state index contributed by atoms with van der Waals surface area (Å²) in [6, 6.07) is 12.0. The standard InChI is InChI=1S/C14H8BrN5O/c15-11-3-1-10-6-12(4-2-9(10)5-11)21-14-8-16-7-13-17-18-19-20(13)14/h1-8H. The summed E-state index contributed by atoms with van der Waals surface area (Å²) in [4.78, 5) is 4.06. The zero-order valence-corrected chi connectivity index (χ0v) is 12.2. The van der Waals surface area contributed by atoms with E-state index in [1.807, 2.05) is 30.3 Å². The van der Waals surface area contributed by atoms with Gasteiger partial charge in [-0.15, -0.1) is 5.10 Å². The van der Waals surface area contributed by atoms with Gasteiger partial charge in [-0.05, 0) is 45.5 Å². The maximum atomic E-state index is 5.83. The largest absolute Gasteiger partial charge is 0.437 e. The van der Waals surface area contributed by atoms with E-state index in [0.717, 1.165) is 15.2 Å². The Morgan fingerprint density at radius 3 is 2.81 bits per heavy atom. The van der Waals surface area contributed by atoms with E-state index >= 15 is 0 Å². The van der Waals surface area contributed by atoms with Crippen LogP contribution in [0, 0.1) is 0 Å². The molecule has 2 aromatic carbocycles. The lowest BCUT2D eigenvalue weighted by molar-refractivity contribution is 0.442. The Hall–Kier alpha value is -2.54. The molecule has 0 fully saturated rings. The number of ether oxygens (including phenoxy) is 1. The van der Waals surface area contributed by atoms with Crippen molar-refractivity contribution >= 4 is 32.3 Å². The molecule has 2 heterocycles. The predicted molar refractivity (Wildman–Crippen MR) is 80.3 cm³/mol. The van der Waals surface area contributed by atoms with Gasteiger partial charge in [0.2, 0.25) is 11.5 Å². The molecule has 0 unspecified atom stereocenters. The van der Waals surface area contributed by atoms with Crippen LogP contribution in [0.4, 0.5) is 0 Å². The van der Waals surface area contributed by atoms with Crippen LogP contribution in [0.1, 0.15) is 0 Å². The van der Waals surface area contributed by atoms with Gasteiger partial charge >= 0.3 is 0 Å². The molecule has 7 heteroatoms. The Labute approximate surface area is 127 Å². The maximum absolute atomic E-state index is 5.83. The summed E-state index contributed by atoms with van der Waals surface area (Å²) in [6.07, 6.45) is 3.15. The van der Waals surface area contributed by atoms with E-state index in [0.29, 0.717) is 17.3 Å². The summed E-state index contributed by atoms with van der Waals surface area (Å²) < 4.78 is 8.38. The highest BCUT2D eigenvalue weighted by atomic mass is 79.9. The quantitative estimate of drug-likeness (QED) is 0.560. The van der Waals surface area contributed by atoms with Gasteiger partial charge in [0.15, 0.2) is 0 Å². The zero-order chi connectivity index (χ0) is 14.2. The molecule has 0 amide bonds. The van der Waals surface area contributed by atoms with Gasteiger partial charge in [-0.3, -0.25) is 4.98 Å². The van der Waals surface area contributed by atoms with Crippen LogP contribution in [0.15, 0.2) is 53.3 Å². The third kappa shape index (κ3) is 2.21. The Morgan fingerprint density at radius 1 is 1.00 bits per heavy atom. The lowest BCUT2D eigenvalue weighted by Gasteiger charge is -2.07.